The lowest BCUT2D eigenvalue weighted by Crippen LogP contribution is -2.37. The molecule has 0 bridgehead atoms. The highest BCUT2D eigenvalue weighted by molar-refractivity contribution is 5.95. The summed E-state index contributed by atoms with van der Waals surface area (Å²) in [6.45, 7) is 2.17. The minimum atomic E-state index is -0.923. The summed E-state index contributed by atoms with van der Waals surface area (Å²) in [5.74, 6) is -1.26. The number of aryl methyl sites for hydroxylation is 2. The molecule has 0 aromatic carbocycles. The van der Waals surface area contributed by atoms with Crippen LogP contribution in [0.5, 0.6) is 0 Å². The molecule has 124 valence electrons. The number of carboxylic acids is 1. The van der Waals surface area contributed by atoms with Crippen LogP contribution in [0.1, 0.15) is 54.2 Å². The SMILES string of the molecule is CC1(C(=O)O)CCN(C(=O)c2cc3c([nH]c2=O)CCCCC3)C1. The van der Waals surface area contributed by atoms with Crippen LogP contribution in [0, 0.1) is 5.41 Å². The molecule has 1 unspecified atom stereocenters. The largest absolute Gasteiger partial charge is 0.481 e. The number of fused-ring (bicyclic) bond motifs is 1. The molecule has 6 heteroatoms. The number of carbonyl (C=O) groups excluding carboxylic acids is 1. The number of amides is 1. The number of aliphatic carboxylic acids is 1. The van der Waals surface area contributed by atoms with Gasteiger partial charge in [-0.25, -0.2) is 0 Å². The summed E-state index contributed by atoms with van der Waals surface area (Å²) in [7, 11) is 0. The Morgan fingerprint density at radius 2 is 2.00 bits per heavy atom. The molecular weight excluding hydrogens is 296 g/mol. The van der Waals surface area contributed by atoms with Crippen LogP contribution < -0.4 is 5.56 Å². The predicted molar refractivity (Wildman–Crippen MR) is 84.6 cm³/mol. The summed E-state index contributed by atoms with van der Waals surface area (Å²) in [5.41, 5.74) is 0.847. The van der Waals surface area contributed by atoms with Crippen molar-refractivity contribution in [2.45, 2.75) is 45.4 Å². The number of nitrogens with zero attached hydrogens (tertiary/aromatic N) is 1. The van der Waals surface area contributed by atoms with E-state index in [1.807, 2.05) is 0 Å². The van der Waals surface area contributed by atoms with Gasteiger partial charge in [-0.3, -0.25) is 14.4 Å². The number of pyridine rings is 1. The first-order chi connectivity index (χ1) is 10.9. The monoisotopic (exact) mass is 318 g/mol. The third-order valence-electron chi connectivity index (χ3n) is 5.10. The van der Waals surface area contributed by atoms with Crippen LogP contribution in [0.2, 0.25) is 0 Å². The van der Waals surface area contributed by atoms with E-state index in [0.29, 0.717) is 13.0 Å². The Morgan fingerprint density at radius 3 is 2.70 bits per heavy atom. The highest BCUT2D eigenvalue weighted by Gasteiger charge is 2.42. The van der Waals surface area contributed by atoms with E-state index in [1.165, 1.54) is 4.90 Å². The second kappa shape index (κ2) is 5.83. The third-order valence-corrected chi connectivity index (χ3v) is 5.10. The quantitative estimate of drug-likeness (QED) is 0.810. The summed E-state index contributed by atoms with van der Waals surface area (Å²) in [6, 6.07) is 1.72. The van der Waals surface area contributed by atoms with Crippen LogP contribution in [0.3, 0.4) is 0 Å². The predicted octanol–water partition coefficient (Wildman–Crippen LogP) is 1.58. The Morgan fingerprint density at radius 1 is 1.26 bits per heavy atom. The van der Waals surface area contributed by atoms with Crippen molar-refractivity contribution in [3.8, 4) is 0 Å². The number of nitrogens with one attached hydrogen (secondary N) is 1. The number of likely N-dealkylation sites (tertiary alicyclic amines) is 1. The van der Waals surface area contributed by atoms with Crippen molar-refractivity contribution in [3.05, 3.63) is 33.2 Å². The van der Waals surface area contributed by atoms with E-state index >= 15 is 0 Å². The number of aromatic amines is 1. The van der Waals surface area contributed by atoms with Gasteiger partial charge in [0, 0.05) is 18.8 Å². The molecule has 1 aromatic rings. The Kier molecular flexibility index (Phi) is 4.00. The van der Waals surface area contributed by atoms with Crippen molar-refractivity contribution in [2.24, 2.45) is 5.41 Å². The number of carbonyl (C=O) groups is 2. The molecule has 0 saturated carbocycles. The van der Waals surface area contributed by atoms with Crippen LogP contribution in [0.25, 0.3) is 0 Å². The minimum absolute atomic E-state index is 0.139. The van der Waals surface area contributed by atoms with Gasteiger partial charge < -0.3 is 15.0 Å². The van der Waals surface area contributed by atoms with Crippen molar-refractivity contribution in [1.29, 1.82) is 0 Å². The summed E-state index contributed by atoms with van der Waals surface area (Å²) >= 11 is 0. The highest BCUT2D eigenvalue weighted by Crippen LogP contribution is 2.31. The Bertz CT molecular complexity index is 709. The summed E-state index contributed by atoms with van der Waals surface area (Å²) < 4.78 is 0. The minimum Gasteiger partial charge on any atom is -0.481 e. The Labute approximate surface area is 134 Å². The molecule has 0 spiro atoms. The molecule has 1 aliphatic heterocycles. The molecule has 2 aliphatic rings. The van der Waals surface area contributed by atoms with Gasteiger partial charge in [0.15, 0.2) is 0 Å². The summed E-state index contributed by atoms with van der Waals surface area (Å²) in [6.07, 6.45) is 5.38. The van der Waals surface area contributed by atoms with Crippen LogP contribution in [-0.4, -0.2) is 40.0 Å². The molecular formula is C17H22N2O4. The summed E-state index contributed by atoms with van der Waals surface area (Å²) in [4.78, 5) is 40.6. The van der Waals surface area contributed by atoms with Crippen LogP contribution in [-0.2, 0) is 17.6 Å². The van der Waals surface area contributed by atoms with Crippen molar-refractivity contribution in [2.75, 3.05) is 13.1 Å². The van der Waals surface area contributed by atoms with Gasteiger partial charge in [0.25, 0.3) is 11.5 Å². The fourth-order valence-corrected chi connectivity index (χ4v) is 3.49. The van der Waals surface area contributed by atoms with Gasteiger partial charge in [-0.2, -0.15) is 0 Å². The van der Waals surface area contributed by atoms with Gasteiger partial charge in [-0.05, 0) is 50.7 Å². The second-order valence-corrected chi connectivity index (χ2v) is 6.92. The molecule has 1 aliphatic carbocycles. The molecule has 1 saturated heterocycles. The van der Waals surface area contributed by atoms with E-state index in [4.69, 9.17) is 0 Å². The van der Waals surface area contributed by atoms with Gasteiger partial charge in [0.1, 0.15) is 5.56 Å². The van der Waals surface area contributed by atoms with E-state index in [9.17, 15) is 19.5 Å². The summed E-state index contributed by atoms with van der Waals surface area (Å²) in [5, 5.41) is 9.28. The smallest absolute Gasteiger partial charge is 0.311 e. The van der Waals surface area contributed by atoms with Gasteiger partial charge >= 0.3 is 5.97 Å². The zero-order chi connectivity index (χ0) is 16.6. The maximum absolute atomic E-state index is 12.7. The van der Waals surface area contributed by atoms with Crippen molar-refractivity contribution in [1.82, 2.24) is 9.88 Å². The van der Waals surface area contributed by atoms with Crippen LogP contribution in [0.15, 0.2) is 10.9 Å². The van der Waals surface area contributed by atoms with E-state index < -0.39 is 11.4 Å². The zero-order valence-electron chi connectivity index (χ0n) is 13.4. The fraction of sp³-hybridized carbons (Fsp3) is 0.588. The molecule has 1 aromatic heterocycles. The zero-order valence-corrected chi connectivity index (χ0v) is 13.4. The number of rotatable bonds is 2. The van der Waals surface area contributed by atoms with E-state index in [0.717, 1.165) is 43.4 Å². The normalized spacial score (nSPS) is 24.1. The average molecular weight is 318 g/mol. The third kappa shape index (κ3) is 2.90. The lowest BCUT2D eigenvalue weighted by molar-refractivity contribution is -0.147. The van der Waals surface area contributed by atoms with Crippen LogP contribution in [0.4, 0.5) is 0 Å². The lowest BCUT2D eigenvalue weighted by atomic mass is 9.90. The molecule has 2 N–H and O–H groups in total. The van der Waals surface area contributed by atoms with Gasteiger partial charge in [0.05, 0.1) is 5.41 Å². The first-order valence-corrected chi connectivity index (χ1v) is 8.18. The highest BCUT2D eigenvalue weighted by atomic mass is 16.4. The standard InChI is InChI=1S/C17H22N2O4/c1-17(16(22)23)7-8-19(10-17)15(21)12-9-11-5-3-2-4-6-13(11)18-14(12)20/h9H,2-8,10H2,1H3,(H,18,20)(H,22,23). The van der Waals surface area contributed by atoms with Gasteiger partial charge in [-0.15, -0.1) is 0 Å². The van der Waals surface area contributed by atoms with Gasteiger partial charge in [0.2, 0.25) is 0 Å². The van der Waals surface area contributed by atoms with Gasteiger partial charge in [-0.1, -0.05) is 6.42 Å². The molecule has 2 heterocycles. The Hall–Kier alpha value is -2.11. The van der Waals surface area contributed by atoms with E-state index in [2.05, 4.69) is 4.98 Å². The van der Waals surface area contributed by atoms with Crippen molar-refractivity contribution >= 4 is 11.9 Å². The first-order valence-electron chi connectivity index (χ1n) is 8.18. The molecule has 0 radical (unpaired) electrons. The first kappa shape index (κ1) is 15.8. The topological polar surface area (TPSA) is 90.5 Å². The maximum Gasteiger partial charge on any atom is 0.311 e. The number of hydrogen-bond acceptors (Lipinski definition) is 3. The molecule has 6 nitrogen and oxygen atoms in total. The van der Waals surface area contributed by atoms with Crippen molar-refractivity contribution < 1.29 is 14.7 Å². The number of hydrogen-bond donors (Lipinski definition) is 2. The molecule has 23 heavy (non-hydrogen) atoms. The average Bonchev–Trinajstić information content (AvgIpc) is 2.78. The number of carboxylic acid groups (broad SMARTS) is 1. The lowest BCUT2D eigenvalue weighted by Gasteiger charge is -2.20. The number of aromatic nitrogens is 1. The fourth-order valence-electron chi connectivity index (χ4n) is 3.49. The Balaban J connectivity index is 1.87. The molecule has 1 amide bonds. The maximum atomic E-state index is 12.7. The van der Waals surface area contributed by atoms with E-state index in [1.54, 1.807) is 13.0 Å². The van der Waals surface area contributed by atoms with Crippen LogP contribution >= 0.6 is 0 Å². The molecule has 1 atom stereocenters. The van der Waals surface area contributed by atoms with Crippen molar-refractivity contribution in [3.63, 3.8) is 0 Å². The molecule has 3 rings (SSSR count). The second-order valence-electron chi connectivity index (χ2n) is 6.92. The molecule has 1 fully saturated rings. The van der Waals surface area contributed by atoms with E-state index in [-0.39, 0.29) is 23.6 Å². The number of H-pyrrole nitrogens is 1.